The fraction of sp³-hybridized carbons (Fsp3) is 0.150. The highest BCUT2D eigenvalue weighted by molar-refractivity contribution is 5.79. The van der Waals surface area contributed by atoms with Crippen molar-refractivity contribution in [3.63, 3.8) is 0 Å². The van der Waals surface area contributed by atoms with E-state index in [0.717, 1.165) is 16.6 Å². The van der Waals surface area contributed by atoms with Gasteiger partial charge in [-0.1, -0.05) is 17.7 Å². The first kappa shape index (κ1) is 17.7. The molecule has 0 bridgehead atoms. The van der Waals surface area contributed by atoms with E-state index in [-0.39, 0.29) is 17.6 Å². The van der Waals surface area contributed by atoms with Gasteiger partial charge in [0.25, 0.3) is 0 Å². The number of nitrogens with two attached hydrogens (primary N) is 1. The molecule has 0 unspecified atom stereocenters. The van der Waals surface area contributed by atoms with E-state index in [4.69, 9.17) is 10.5 Å². The van der Waals surface area contributed by atoms with Crippen LogP contribution in [0.1, 0.15) is 11.4 Å². The molecule has 0 atom stereocenters. The van der Waals surface area contributed by atoms with E-state index in [9.17, 15) is 4.39 Å². The molecule has 142 valence electrons. The monoisotopic (exact) mass is 378 g/mol. The van der Waals surface area contributed by atoms with Gasteiger partial charge in [-0.25, -0.2) is 4.98 Å². The van der Waals surface area contributed by atoms with Crippen LogP contribution in [0.3, 0.4) is 0 Å². The Morgan fingerprint density at radius 2 is 1.79 bits per heavy atom. The molecule has 0 aliphatic heterocycles. The maximum Gasteiger partial charge on any atom is 0.239 e. The number of hydrogen-bond donors (Lipinski definition) is 2. The normalized spacial score (nSPS) is 11.0. The summed E-state index contributed by atoms with van der Waals surface area (Å²) in [7, 11) is 1.59. The lowest BCUT2D eigenvalue weighted by molar-refractivity contribution is 0.415. The van der Waals surface area contributed by atoms with Crippen LogP contribution in [-0.2, 0) is 0 Å². The number of aryl methyl sites for hydroxylation is 2. The highest BCUT2D eigenvalue weighted by atomic mass is 19.1. The van der Waals surface area contributed by atoms with Crippen LogP contribution in [0.25, 0.3) is 17.0 Å². The number of methoxy groups -OCH3 is 1. The van der Waals surface area contributed by atoms with Gasteiger partial charge in [0, 0.05) is 11.8 Å². The number of anilines is 3. The van der Waals surface area contributed by atoms with Crippen LogP contribution in [0, 0.1) is 19.7 Å². The standard InChI is InChI=1S/C20H19FN6O/c1-11-4-6-13(7-5-11)24-19-17(21)18(22)25-20(26-19)27-12(2)23-15-9-8-14(28-3)10-16(15)27/h4-10H,1-3H3,(H3,22,24,25,26). The van der Waals surface area contributed by atoms with Crippen molar-refractivity contribution >= 4 is 28.4 Å². The first-order valence-electron chi connectivity index (χ1n) is 8.66. The van der Waals surface area contributed by atoms with Crippen molar-refractivity contribution in [2.75, 3.05) is 18.2 Å². The lowest BCUT2D eigenvalue weighted by atomic mass is 10.2. The van der Waals surface area contributed by atoms with Gasteiger partial charge in [0.1, 0.15) is 11.6 Å². The number of ether oxygens (including phenoxy) is 1. The summed E-state index contributed by atoms with van der Waals surface area (Å²) in [4.78, 5) is 13.0. The van der Waals surface area contributed by atoms with Gasteiger partial charge in [-0.3, -0.25) is 4.57 Å². The van der Waals surface area contributed by atoms with Gasteiger partial charge in [-0.05, 0) is 38.1 Å². The molecule has 2 aromatic carbocycles. The van der Waals surface area contributed by atoms with Gasteiger partial charge >= 0.3 is 0 Å². The number of hydrogen-bond acceptors (Lipinski definition) is 6. The Labute approximate surface area is 161 Å². The summed E-state index contributed by atoms with van der Waals surface area (Å²) in [5, 5.41) is 2.97. The summed E-state index contributed by atoms with van der Waals surface area (Å²) >= 11 is 0. The minimum absolute atomic E-state index is 0.00417. The molecule has 0 saturated carbocycles. The number of nitrogen functional groups attached to an aromatic ring is 1. The molecule has 0 spiro atoms. The van der Waals surface area contributed by atoms with E-state index in [0.29, 0.717) is 17.3 Å². The first-order chi connectivity index (χ1) is 13.5. The Bertz CT molecular complexity index is 1170. The van der Waals surface area contributed by atoms with Gasteiger partial charge in [-0.2, -0.15) is 14.4 Å². The largest absolute Gasteiger partial charge is 0.497 e. The van der Waals surface area contributed by atoms with Crippen LogP contribution in [0.4, 0.5) is 21.7 Å². The second-order valence-corrected chi connectivity index (χ2v) is 6.41. The van der Waals surface area contributed by atoms with Gasteiger partial charge in [0.15, 0.2) is 11.6 Å². The maximum atomic E-state index is 14.6. The third-order valence-electron chi connectivity index (χ3n) is 4.41. The number of aromatic nitrogens is 4. The molecule has 28 heavy (non-hydrogen) atoms. The zero-order chi connectivity index (χ0) is 19.8. The summed E-state index contributed by atoms with van der Waals surface area (Å²) < 4.78 is 21.6. The molecule has 2 heterocycles. The summed E-state index contributed by atoms with van der Waals surface area (Å²) in [6.45, 7) is 3.80. The van der Waals surface area contributed by atoms with Gasteiger partial charge < -0.3 is 15.8 Å². The fourth-order valence-electron chi connectivity index (χ4n) is 2.96. The van der Waals surface area contributed by atoms with Crippen molar-refractivity contribution in [3.8, 4) is 11.7 Å². The second kappa shape index (κ2) is 6.80. The summed E-state index contributed by atoms with van der Waals surface area (Å²) in [6.07, 6.45) is 0. The van der Waals surface area contributed by atoms with Crippen LogP contribution in [0.5, 0.6) is 5.75 Å². The highest BCUT2D eigenvalue weighted by Crippen LogP contribution is 2.27. The average molecular weight is 378 g/mol. The molecule has 2 aromatic heterocycles. The lowest BCUT2D eigenvalue weighted by Gasteiger charge is -2.12. The highest BCUT2D eigenvalue weighted by Gasteiger charge is 2.18. The van der Waals surface area contributed by atoms with E-state index in [2.05, 4.69) is 20.3 Å². The van der Waals surface area contributed by atoms with E-state index in [1.165, 1.54) is 0 Å². The summed E-state index contributed by atoms with van der Waals surface area (Å²) in [5.41, 5.74) is 9.12. The van der Waals surface area contributed by atoms with Crippen molar-refractivity contribution in [2.24, 2.45) is 0 Å². The Morgan fingerprint density at radius 1 is 1.04 bits per heavy atom. The number of imidazole rings is 1. The number of fused-ring (bicyclic) bond motifs is 1. The van der Waals surface area contributed by atoms with E-state index < -0.39 is 5.82 Å². The quantitative estimate of drug-likeness (QED) is 0.560. The Hall–Kier alpha value is -3.68. The number of nitrogens with one attached hydrogen (secondary N) is 1. The van der Waals surface area contributed by atoms with Gasteiger partial charge in [0.2, 0.25) is 11.8 Å². The molecule has 0 fully saturated rings. The lowest BCUT2D eigenvalue weighted by Crippen LogP contribution is -2.10. The fourth-order valence-corrected chi connectivity index (χ4v) is 2.96. The van der Waals surface area contributed by atoms with Crippen molar-refractivity contribution < 1.29 is 9.13 Å². The molecule has 4 aromatic rings. The number of halogens is 1. The molecule has 0 saturated heterocycles. The molecular weight excluding hydrogens is 359 g/mol. The van der Waals surface area contributed by atoms with Crippen LogP contribution < -0.4 is 15.8 Å². The van der Waals surface area contributed by atoms with E-state index in [1.807, 2.05) is 56.3 Å². The predicted octanol–water partition coefficient (Wildman–Crippen LogP) is 3.91. The molecule has 0 amide bonds. The second-order valence-electron chi connectivity index (χ2n) is 6.41. The Balaban J connectivity index is 1.85. The predicted molar refractivity (Wildman–Crippen MR) is 107 cm³/mol. The zero-order valence-electron chi connectivity index (χ0n) is 15.7. The Morgan fingerprint density at radius 3 is 2.50 bits per heavy atom. The third-order valence-corrected chi connectivity index (χ3v) is 4.41. The minimum Gasteiger partial charge on any atom is -0.497 e. The molecule has 0 aliphatic rings. The van der Waals surface area contributed by atoms with Crippen molar-refractivity contribution in [2.45, 2.75) is 13.8 Å². The molecule has 3 N–H and O–H groups in total. The van der Waals surface area contributed by atoms with Gasteiger partial charge in [-0.15, -0.1) is 0 Å². The maximum absolute atomic E-state index is 14.6. The number of nitrogens with zero attached hydrogens (tertiary/aromatic N) is 4. The van der Waals surface area contributed by atoms with Crippen molar-refractivity contribution in [3.05, 3.63) is 59.7 Å². The molecular formula is C20H19FN6O. The first-order valence-corrected chi connectivity index (χ1v) is 8.66. The summed E-state index contributed by atoms with van der Waals surface area (Å²) in [5.74, 6) is 0.585. The Kier molecular flexibility index (Phi) is 4.31. The van der Waals surface area contributed by atoms with Crippen molar-refractivity contribution in [1.82, 2.24) is 19.5 Å². The third kappa shape index (κ3) is 3.09. The zero-order valence-corrected chi connectivity index (χ0v) is 15.7. The van der Waals surface area contributed by atoms with Crippen LogP contribution in [0.2, 0.25) is 0 Å². The molecule has 4 rings (SSSR count). The van der Waals surface area contributed by atoms with Crippen LogP contribution in [-0.4, -0.2) is 26.6 Å². The van der Waals surface area contributed by atoms with Crippen LogP contribution >= 0.6 is 0 Å². The molecule has 0 radical (unpaired) electrons. The van der Waals surface area contributed by atoms with Crippen molar-refractivity contribution in [1.29, 1.82) is 0 Å². The molecule has 0 aliphatic carbocycles. The molecule has 7 nitrogen and oxygen atoms in total. The van der Waals surface area contributed by atoms with Crippen LogP contribution in [0.15, 0.2) is 42.5 Å². The smallest absolute Gasteiger partial charge is 0.239 e. The minimum atomic E-state index is -0.705. The topological polar surface area (TPSA) is 90.9 Å². The van der Waals surface area contributed by atoms with Gasteiger partial charge in [0.05, 0.1) is 18.1 Å². The van der Waals surface area contributed by atoms with E-state index >= 15 is 0 Å². The number of rotatable bonds is 4. The number of benzene rings is 2. The summed E-state index contributed by atoms with van der Waals surface area (Å²) in [6, 6.07) is 13.0. The average Bonchev–Trinajstić information content (AvgIpc) is 3.01. The molecule has 8 heteroatoms. The SMILES string of the molecule is COc1ccc2nc(C)n(-c3nc(N)c(F)c(Nc4ccc(C)cc4)n3)c2c1. The van der Waals surface area contributed by atoms with E-state index in [1.54, 1.807) is 11.7 Å².